The Morgan fingerprint density at radius 2 is 1.80 bits per heavy atom. The average Bonchev–Trinajstić information content (AvgIpc) is 2.38. The summed E-state index contributed by atoms with van der Waals surface area (Å²) in [6.45, 7) is 5.77. The molecule has 0 N–H and O–H groups in total. The summed E-state index contributed by atoms with van der Waals surface area (Å²) in [5, 5.41) is 0.412. The van der Waals surface area contributed by atoms with Crippen LogP contribution >= 0.6 is 11.6 Å². The molecule has 0 aliphatic carbocycles. The van der Waals surface area contributed by atoms with Crippen molar-refractivity contribution in [3.63, 3.8) is 0 Å². The largest absolute Gasteiger partial charge is 0.457 e. The third-order valence-electron chi connectivity index (χ3n) is 3.08. The Hall–Kier alpha value is -1.80. The number of halogens is 1. The Morgan fingerprint density at radius 1 is 1.10 bits per heavy atom. The number of hydrogen-bond acceptors (Lipinski definition) is 2. The van der Waals surface area contributed by atoms with Crippen molar-refractivity contribution < 1.29 is 9.53 Å². The van der Waals surface area contributed by atoms with Crippen molar-refractivity contribution in [2.75, 3.05) is 0 Å². The van der Waals surface area contributed by atoms with E-state index in [1.807, 2.05) is 18.2 Å². The molecule has 104 valence electrons. The van der Waals surface area contributed by atoms with Gasteiger partial charge in [0, 0.05) is 11.6 Å². The van der Waals surface area contributed by atoms with Crippen LogP contribution in [0.25, 0.3) is 0 Å². The van der Waals surface area contributed by atoms with Crippen molar-refractivity contribution >= 4 is 17.4 Å². The molecule has 2 rings (SSSR count). The zero-order valence-corrected chi connectivity index (χ0v) is 12.6. The number of carbonyl (C=O) groups excluding carboxylic acids is 1. The van der Waals surface area contributed by atoms with Crippen molar-refractivity contribution in [1.82, 2.24) is 0 Å². The first kappa shape index (κ1) is 14.6. The zero-order valence-electron chi connectivity index (χ0n) is 11.8. The van der Waals surface area contributed by atoms with Crippen LogP contribution in [-0.2, 0) is 0 Å². The molecule has 2 nitrogen and oxygen atoms in total. The molecular formula is C17H17ClO2. The molecule has 2 aromatic rings. The van der Waals surface area contributed by atoms with Gasteiger partial charge in [-0.3, -0.25) is 4.79 Å². The maximum Gasteiger partial charge on any atom is 0.161 e. The fourth-order valence-corrected chi connectivity index (χ4v) is 2.22. The van der Waals surface area contributed by atoms with E-state index in [0.29, 0.717) is 22.3 Å². The van der Waals surface area contributed by atoms with Gasteiger partial charge in [0.2, 0.25) is 0 Å². The lowest BCUT2D eigenvalue weighted by Gasteiger charge is -2.10. The molecule has 0 aliphatic rings. The molecule has 0 bridgehead atoms. The van der Waals surface area contributed by atoms with Gasteiger partial charge in [-0.1, -0.05) is 37.6 Å². The highest BCUT2D eigenvalue weighted by atomic mass is 35.5. The molecule has 0 saturated heterocycles. The predicted octanol–water partition coefficient (Wildman–Crippen LogP) is 5.46. The molecule has 20 heavy (non-hydrogen) atoms. The molecule has 0 radical (unpaired) electrons. The third-order valence-corrected chi connectivity index (χ3v) is 3.39. The second-order valence-corrected chi connectivity index (χ2v) is 5.43. The van der Waals surface area contributed by atoms with Gasteiger partial charge in [0.15, 0.2) is 5.78 Å². The minimum absolute atomic E-state index is 0.0524. The number of Topliss-reactive ketones (excluding diaryl/α,β-unsaturated/α-hetero) is 1. The molecule has 2 aromatic carbocycles. The number of hydrogen-bond donors (Lipinski definition) is 0. The van der Waals surface area contributed by atoms with Gasteiger partial charge in [0.25, 0.3) is 0 Å². The Balaban J connectivity index is 2.24. The minimum atomic E-state index is -0.0524. The summed E-state index contributed by atoms with van der Waals surface area (Å²) in [5.41, 5.74) is 1.73. The van der Waals surface area contributed by atoms with Crippen LogP contribution < -0.4 is 4.74 Å². The van der Waals surface area contributed by atoms with Gasteiger partial charge in [-0.15, -0.1) is 0 Å². The topological polar surface area (TPSA) is 26.3 Å². The molecule has 0 aromatic heterocycles. The Kier molecular flexibility index (Phi) is 4.46. The Bertz CT molecular complexity index is 633. The smallest absolute Gasteiger partial charge is 0.161 e. The van der Waals surface area contributed by atoms with Crippen LogP contribution in [0.5, 0.6) is 11.5 Å². The summed E-state index contributed by atoms with van der Waals surface area (Å²) >= 11 is 6.07. The van der Waals surface area contributed by atoms with E-state index < -0.39 is 0 Å². The first-order valence-corrected chi connectivity index (χ1v) is 6.93. The second-order valence-electron chi connectivity index (χ2n) is 5.03. The van der Waals surface area contributed by atoms with Crippen molar-refractivity contribution in [2.24, 2.45) is 0 Å². The molecule has 0 saturated carbocycles. The molecule has 3 heteroatoms. The highest BCUT2D eigenvalue weighted by Crippen LogP contribution is 2.28. The van der Waals surface area contributed by atoms with Gasteiger partial charge in [-0.2, -0.15) is 0 Å². The molecule has 0 heterocycles. The van der Waals surface area contributed by atoms with Crippen LogP contribution in [0.1, 0.15) is 42.6 Å². The number of ketones is 1. The van der Waals surface area contributed by atoms with Crippen LogP contribution in [0.15, 0.2) is 42.5 Å². The summed E-state index contributed by atoms with van der Waals surface area (Å²) < 4.78 is 5.79. The van der Waals surface area contributed by atoms with E-state index in [2.05, 4.69) is 19.9 Å². The number of benzene rings is 2. The number of rotatable bonds is 4. The summed E-state index contributed by atoms with van der Waals surface area (Å²) in [4.78, 5) is 11.3. The summed E-state index contributed by atoms with van der Waals surface area (Å²) in [5.74, 6) is 1.79. The second kappa shape index (κ2) is 6.10. The van der Waals surface area contributed by atoms with Crippen molar-refractivity contribution in [3.05, 3.63) is 58.6 Å². The summed E-state index contributed by atoms with van der Waals surface area (Å²) in [6.07, 6.45) is 0. The van der Waals surface area contributed by atoms with Crippen molar-refractivity contribution in [3.8, 4) is 11.5 Å². The van der Waals surface area contributed by atoms with E-state index in [0.717, 1.165) is 5.75 Å². The van der Waals surface area contributed by atoms with Gasteiger partial charge in [-0.05, 0) is 42.7 Å². The fraction of sp³-hybridized carbons (Fsp3) is 0.235. The molecule has 0 atom stereocenters. The first-order chi connectivity index (χ1) is 9.47. The lowest BCUT2D eigenvalue weighted by Crippen LogP contribution is -1.94. The maximum atomic E-state index is 11.3. The van der Waals surface area contributed by atoms with Gasteiger partial charge in [0.05, 0.1) is 5.02 Å². The van der Waals surface area contributed by atoms with Gasteiger partial charge < -0.3 is 4.74 Å². The highest BCUT2D eigenvalue weighted by Gasteiger charge is 2.08. The van der Waals surface area contributed by atoms with Crippen molar-refractivity contribution in [1.29, 1.82) is 0 Å². The lowest BCUT2D eigenvalue weighted by molar-refractivity contribution is 0.101. The highest BCUT2D eigenvalue weighted by molar-refractivity contribution is 6.34. The van der Waals surface area contributed by atoms with E-state index in [1.54, 1.807) is 18.2 Å². The van der Waals surface area contributed by atoms with E-state index in [1.165, 1.54) is 12.5 Å². The first-order valence-electron chi connectivity index (χ1n) is 6.55. The standard InChI is InChI=1S/C17H17ClO2/c1-11(2)13-5-4-6-14(9-13)20-15-7-8-16(12(3)19)17(18)10-15/h4-11H,1-3H3. The van der Waals surface area contributed by atoms with Crippen LogP contribution in [0, 0.1) is 0 Å². The van der Waals surface area contributed by atoms with Gasteiger partial charge in [-0.25, -0.2) is 0 Å². The summed E-state index contributed by atoms with van der Waals surface area (Å²) in [6, 6.07) is 13.1. The summed E-state index contributed by atoms with van der Waals surface area (Å²) in [7, 11) is 0. The van der Waals surface area contributed by atoms with Crippen molar-refractivity contribution in [2.45, 2.75) is 26.7 Å². The fourth-order valence-electron chi connectivity index (χ4n) is 1.92. The third kappa shape index (κ3) is 3.40. The van der Waals surface area contributed by atoms with E-state index >= 15 is 0 Å². The lowest BCUT2D eigenvalue weighted by atomic mass is 10.0. The quantitative estimate of drug-likeness (QED) is 0.698. The van der Waals surface area contributed by atoms with Gasteiger partial charge in [0.1, 0.15) is 11.5 Å². The maximum absolute atomic E-state index is 11.3. The number of ether oxygens (including phenoxy) is 1. The van der Waals surface area contributed by atoms with Crippen LogP contribution in [0.3, 0.4) is 0 Å². The molecule has 0 aliphatic heterocycles. The van der Waals surface area contributed by atoms with E-state index in [-0.39, 0.29) is 5.78 Å². The van der Waals surface area contributed by atoms with Gasteiger partial charge >= 0.3 is 0 Å². The molecule has 0 unspecified atom stereocenters. The van der Waals surface area contributed by atoms with E-state index in [9.17, 15) is 4.79 Å². The Labute approximate surface area is 124 Å². The van der Waals surface area contributed by atoms with Crippen LogP contribution in [0.4, 0.5) is 0 Å². The SMILES string of the molecule is CC(=O)c1ccc(Oc2cccc(C(C)C)c2)cc1Cl. The zero-order chi connectivity index (χ0) is 14.7. The molecular weight excluding hydrogens is 272 g/mol. The van der Waals surface area contributed by atoms with E-state index in [4.69, 9.17) is 16.3 Å². The van der Waals surface area contributed by atoms with Crippen LogP contribution in [0.2, 0.25) is 5.02 Å². The van der Waals surface area contributed by atoms with Crippen LogP contribution in [-0.4, -0.2) is 5.78 Å². The predicted molar refractivity (Wildman–Crippen MR) is 82.1 cm³/mol. The monoisotopic (exact) mass is 288 g/mol. The molecule has 0 fully saturated rings. The Morgan fingerprint density at radius 3 is 2.40 bits per heavy atom. The number of carbonyl (C=O) groups is 1. The average molecular weight is 289 g/mol. The normalized spacial score (nSPS) is 10.7. The molecule has 0 spiro atoms. The molecule has 0 amide bonds. The minimum Gasteiger partial charge on any atom is -0.457 e.